The lowest BCUT2D eigenvalue weighted by molar-refractivity contribution is 0.158. The Hall–Kier alpha value is 0.218. The van der Waals surface area contributed by atoms with Crippen LogP contribution in [0.4, 0.5) is 0 Å². The molecular formula is C16H41NO4Si4. The van der Waals surface area contributed by atoms with Gasteiger partial charge in [0.05, 0.1) is 13.2 Å². The van der Waals surface area contributed by atoms with E-state index in [1.165, 1.54) is 0 Å². The summed E-state index contributed by atoms with van der Waals surface area (Å²) in [6, 6.07) is 0. The van der Waals surface area contributed by atoms with Gasteiger partial charge >= 0.3 is 0 Å². The van der Waals surface area contributed by atoms with E-state index >= 15 is 0 Å². The Morgan fingerprint density at radius 2 is 1.16 bits per heavy atom. The zero-order chi connectivity index (χ0) is 20.1. The molecule has 0 radical (unpaired) electrons. The van der Waals surface area contributed by atoms with E-state index in [0.717, 1.165) is 5.71 Å². The second kappa shape index (κ2) is 9.42. The fourth-order valence-electron chi connectivity index (χ4n) is 1.61. The van der Waals surface area contributed by atoms with Crippen LogP contribution < -0.4 is 0 Å². The molecule has 0 amide bonds. The maximum atomic E-state index is 6.40. The Morgan fingerprint density at radius 1 is 0.680 bits per heavy atom. The number of oxime groups is 1. The third-order valence-corrected chi connectivity index (χ3v) is 6.30. The lowest BCUT2D eigenvalue weighted by Crippen LogP contribution is -2.45. The normalized spacial score (nSPS) is 16.1. The fourth-order valence-corrected chi connectivity index (χ4v) is 4.30. The van der Waals surface area contributed by atoms with Gasteiger partial charge in [0.25, 0.3) is 8.32 Å². The fraction of sp³-hybridized carbons (Fsp3) is 0.938. The van der Waals surface area contributed by atoms with Crippen molar-refractivity contribution in [2.24, 2.45) is 5.16 Å². The maximum Gasteiger partial charge on any atom is 0.278 e. The quantitative estimate of drug-likeness (QED) is 0.263. The van der Waals surface area contributed by atoms with Crippen molar-refractivity contribution in [1.29, 1.82) is 0 Å². The van der Waals surface area contributed by atoms with Crippen LogP contribution >= 0.6 is 0 Å². The first-order valence-electron chi connectivity index (χ1n) is 9.09. The van der Waals surface area contributed by atoms with Crippen LogP contribution in [0.1, 0.15) is 0 Å². The standard InChI is InChI=1S/C16H41NO4Si4/c1-22(2,3)18-13-15(17-21-25(10,11)12)16(20-24(7,8)9)14-19-23(4,5)6/h16H,13-14H2,1-12H3. The van der Waals surface area contributed by atoms with Gasteiger partial charge < -0.3 is 17.8 Å². The van der Waals surface area contributed by atoms with Crippen molar-refractivity contribution in [2.45, 2.75) is 84.7 Å². The molecule has 0 aromatic rings. The Balaban J connectivity index is 5.45. The number of hydrogen-bond acceptors (Lipinski definition) is 5. The molecule has 0 heterocycles. The highest BCUT2D eigenvalue weighted by Crippen LogP contribution is 2.15. The van der Waals surface area contributed by atoms with Crippen molar-refractivity contribution in [3.05, 3.63) is 0 Å². The first-order chi connectivity index (χ1) is 10.9. The molecule has 0 N–H and O–H groups in total. The molecule has 0 aromatic carbocycles. The second-order valence-electron chi connectivity index (χ2n) is 10.3. The zero-order valence-corrected chi connectivity index (χ0v) is 22.6. The molecule has 0 saturated carbocycles. The highest BCUT2D eigenvalue weighted by Gasteiger charge is 2.30. The van der Waals surface area contributed by atoms with E-state index in [-0.39, 0.29) is 6.10 Å². The summed E-state index contributed by atoms with van der Waals surface area (Å²) >= 11 is 0. The molecule has 5 nitrogen and oxygen atoms in total. The Kier molecular flexibility index (Phi) is 9.51. The molecule has 0 bridgehead atoms. The molecule has 1 unspecified atom stereocenters. The molecule has 0 rings (SSSR count). The summed E-state index contributed by atoms with van der Waals surface area (Å²) in [5, 5.41) is 4.49. The van der Waals surface area contributed by atoms with E-state index in [9.17, 15) is 0 Å². The van der Waals surface area contributed by atoms with Gasteiger partial charge in [0.15, 0.2) is 25.0 Å². The third kappa shape index (κ3) is 16.1. The zero-order valence-electron chi connectivity index (χ0n) is 18.6. The first-order valence-corrected chi connectivity index (χ1v) is 22.7. The van der Waals surface area contributed by atoms with Crippen molar-refractivity contribution in [3.63, 3.8) is 0 Å². The SMILES string of the molecule is C[Si](C)(C)OCC(=NO[Si](C)(C)C)C(CO[Si](C)(C)C)O[Si](C)(C)C. The average molecular weight is 424 g/mol. The molecular weight excluding hydrogens is 383 g/mol. The first kappa shape index (κ1) is 25.2. The predicted molar refractivity (Wildman–Crippen MR) is 119 cm³/mol. The Labute approximate surface area is 160 Å². The van der Waals surface area contributed by atoms with E-state index in [0.29, 0.717) is 13.2 Å². The van der Waals surface area contributed by atoms with Crippen LogP contribution in [0.15, 0.2) is 5.16 Å². The lowest BCUT2D eigenvalue weighted by atomic mass is 10.2. The van der Waals surface area contributed by atoms with Crippen LogP contribution in [-0.2, 0) is 17.8 Å². The van der Waals surface area contributed by atoms with Crippen molar-refractivity contribution >= 4 is 39.0 Å². The maximum absolute atomic E-state index is 6.40. The summed E-state index contributed by atoms with van der Waals surface area (Å²) in [4.78, 5) is 0. The van der Waals surface area contributed by atoms with Gasteiger partial charge in [0.2, 0.25) is 0 Å². The monoisotopic (exact) mass is 423 g/mol. The highest BCUT2D eigenvalue weighted by molar-refractivity contribution is 6.71. The molecule has 1 atom stereocenters. The van der Waals surface area contributed by atoms with Crippen LogP contribution in [0.3, 0.4) is 0 Å². The minimum absolute atomic E-state index is 0.203. The van der Waals surface area contributed by atoms with Gasteiger partial charge in [-0.05, 0) is 78.6 Å². The van der Waals surface area contributed by atoms with E-state index in [1.807, 2.05) is 0 Å². The molecule has 0 aliphatic carbocycles. The van der Waals surface area contributed by atoms with Gasteiger partial charge in [-0.3, -0.25) is 0 Å². The van der Waals surface area contributed by atoms with Gasteiger partial charge in [-0.2, -0.15) is 0 Å². The van der Waals surface area contributed by atoms with E-state index in [1.54, 1.807) is 0 Å². The lowest BCUT2D eigenvalue weighted by Gasteiger charge is -2.31. The summed E-state index contributed by atoms with van der Waals surface area (Å²) < 4.78 is 24.5. The van der Waals surface area contributed by atoms with E-state index in [2.05, 4.69) is 83.7 Å². The van der Waals surface area contributed by atoms with Crippen LogP contribution in [0.2, 0.25) is 78.6 Å². The summed E-state index contributed by atoms with van der Waals surface area (Å²) in [6.45, 7) is 27.0. The van der Waals surface area contributed by atoms with Crippen LogP contribution in [0.5, 0.6) is 0 Å². The molecule has 150 valence electrons. The predicted octanol–water partition coefficient (Wildman–Crippen LogP) is 5.12. The summed E-state index contributed by atoms with van der Waals surface area (Å²) in [5.41, 5.74) is 0.825. The topological polar surface area (TPSA) is 49.3 Å². The van der Waals surface area contributed by atoms with Crippen molar-refractivity contribution in [3.8, 4) is 0 Å². The van der Waals surface area contributed by atoms with E-state index < -0.39 is 33.3 Å². The minimum atomic E-state index is -1.77. The molecule has 0 aliphatic rings. The molecule has 25 heavy (non-hydrogen) atoms. The highest BCUT2D eigenvalue weighted by atomic mass is 28.4. The summed E-state index contributed by atoms with van der Waals surface area (Å²) in [7, 11) is -6.83. The molecule has 0 fully saturated rings. The van der Waals surface area contributed by atoms with Crippen LogP contribution in [0, 0.1) is 0 Å². The minimum Gasteiger partial charge on any atom is -0.456 e. The van der Waals surface area contributed by atoms with Crippen LogP contribution in [-0.4, -0.2) is 58.3 Å². The number of rotatable bonds is 11. The Bertz CT molecular complexity index is 431. The van der Waals surface area contributed by atoms with Gasteiger partial charge in [0.1, 0.15) is 11.8 Å². The third-order valence-electron chi connectivity index (χ3n) is 2.63. The average Bonchev–Trinajstić information content (AvgIpc) is 2.29. The van der Waals surface area contributed by atoms with Gasteiger partial charge in [-0.1, -0.05) is 0 Å². The molecule has 0 aliphatic heterocycles. The van der Waals surface area contributed by atoms with Gasteiger partial charge in [0, 0.05) is 0 Å². The van der Waals surface area contributed by atoms with Crippen LogP contribution in [0.25, 0.3) is 0 Å². The van der Waals surface area contributed by atoms with Crippen molar-refractivity contribution in [2.75, 3.05) is 13.2 Å². The smallest absolute Gasteiger partial charge is 0.278 e. The summed E-state index contributed by atoms with van der Waals surface area (Å²) in [5.74, 6) is 0. The van der Waals surface area contributed by atoms with Crippen molar-refractivity contribution < 1.29 is 17.8 Å². The molecule has 9 heteroatoms. The van der Waals surface area contributed by atoms with Gasteiger partial charge in [-0.15, -0.1) is 5.16 Å². The summed E-state index contributed by atoms with van der Waals surface area (Å²) in [6.07, 6.45) is -0.203. The molecule has 0 aromatic heterocycles. The number of nitrogens with zero attached hydrogens (tertiary/aromatic N) is 1. The number of hydrogen-bond donors (Lipinski definition) is 0. The largest absolute Gasteiger partial charge is 0.456 e. The molecule has 0 spiro atoms. The Morgan fingerprint density at radius 3 is 1.52 bits per heavy atom. The van der Waals surface area contributed by atoms with E-state index in [4.69, 9.17) is 17.8 Å². The van der Waals surface area contributed by atoms with Gasteiger partial charge in [-0.25, -0.2) is 0 Å². The second-order valence-corrected chi connectivity index (χ2v) is 28.2. The molecule has 0 saturated heterocycles. The van der Waals surface area contributed by atoms with Crippen molar-refractivity contribution in [1.82, 2.24) is 0 Å².